The van der Waals surface area contributed by atoms with Gasteiger partial charge in [0.05, 0.1) is 46.1 Å². The first-order valence-corrected chi connectivity index (χ1v) is 19.2. The van der Waals surface area contributed by atoms with Crippen LogP contribution in [0.5, 0.6) is 11.5 Å². The zero-order valence-corrected chi connectivity index (χ0v) is 32.7. The number of Topliss-reactive ketones (excluding diaryl/α,β-unsaturated/α-hetero) is 1. The molecule has 54 heavy (non-hydrogen) atoms. The first kappa shape index (κ1) is 35.9. The summed E-state index contributed by atoms with van der Waals surface area (Å²) in [4.78, 5) is 72.3. The van der Waals surface area contributed by atoms with Crippen molar-refractivity contribution in [2.75, 3.05) is 17.4 Å². The van der Waals surface area contributed by atoms with Crippen molar-refractivity contribution in [3.05, 3.63) is 128 Å². The second kappa shape index (κ2) is 13.3. The summed E-state index contributed by atoms with van der Waals surface area (Å²) in [5.74, 6) is -5.72. The zero-order valence-electron chi connectivity index (χ0n) is 29.5. The molecule has 2 aliphatic carbocycles. The van der Waals surface area contributed by atoms with Crippen LogP contribution in [-0.2, 0) is 24.6 Å². The molecule has 0 radical (unpaired) electrons. The molecule has 2 aliphatic heterocycles. The number of phenolic OH excluding ortho intramolecular Hbond substituents is 1. The van der Waals surface area contributed by atoms with Gasteiger partial charge in [-0.05, 0) is 118 Å². The van der Waals surface area contributed by atoms with Crippen LogP contribution >= 0.6 is 31.9 Å². The van der Waals surface area contributed by atoms with Crippen molar-refractivity contribution >= 4 is 72.6 Å². The SMILES string of the molecule is COc1cc(C2C3=CCC4C(=O)N(c5ccc(C(C)=O)cc5)C(=O)C4C3CC3C(=O)N(Nc4ccc(C)cc4)C(=O)C32c2ccccc2)c(Br)c(Br)c1O. The summed E-state index contributed by atoms with van der Waals surface area (Å²) in [5, 5.41) is 12.1. The number of carbonyl (C=O) groups excluding carboxylic acids is 5. The summed E-state index contributed by atoms with van der Waals surface area (Å²) in [6.45, 7) is 3.40. The number of benzene rings is 4. The molecule has 0 aromatic heterocycles. The van der Waals surface area contributed by atoms with Crippen LogP contribution in [0.1, 0.15) is 52.7 Å². The van der Waals surface area contributed by atoms with Gasteiger partial charge in [-0.1, -0.05) is 59.7 Å². The largest absolute Gasteiger partial charge is 0.503 e. The fourth-order valence-electron chi connectivity index (χ4n) is 9.17. The molecule has 1 saturated carbocycles. The minimum atomic E-state index is -1.51. The van der Waals surface area contributed by atoms with Crippen molar-refractivity contribution in [3.8, 4) is 11.5 Å². The van der Waals surface area contributed by atoms with Crippen molar-refractivity contribution < 1.29 is 33.8 Å². The van der Waals surface area contributed by atoms with Crippen molar-refractivity contribution in [3.63, 3.8) is 0 Å². The highest BCUT2D eigenvalue weighted by molar-refractivity contribution is 9.13. The van der Waals surface area contributed by atoms with E-state index in [1.54, 1.807) is 42.5 Å². The van der Waals surface area contributed by atoms with Crippen molar-refractivity contribution in [1.82, 2.24) is 5.01 Å². The number of ether oxygens (including phenoxy) is 1. The first-order valence-electron chi connectivity index (χ1n) is 17.6. The number of nitrogens with zero attached hydrogens (tertiary/aromatic N) is 2. The highest BCUT2D eigenvalue weighted by Crippen LogP contribution is 2.65. The number of halogens is 2. The van der Waals surface area contributed by atoms with E-state index >= 15 is 4.79 Å². The lowest BCUT2D eigenvalue weighted by atomic mass is 9.49. The lowest BCUT2D eigenvalue weighted by Gasteiger charge is -2.51. The number of phenols is 1. The predicted molar refractivity (Wildman–Crippen MR) is 208 cm³/mol. The van der Waals surface area contributed by atoms with Crippen LogP contribution < -0.4 is 15.1 Å². The number of aryl methyl sites for hydroxylation is 1. The third-order valence-electron chi connectivity index (χ3n) is 11.6. The van der Waals surface area contributed by atoms with Gasteiger partial charge in [0.25, 0.3) is 11.8 Å². The molecule has 6 unspecified atom stereocenters. The Balaban J connectivity index is 1.34. The smallest absolute Gasteiger partial charge is 0.260 e. The fraction of sp³-hybridized carbons (Fsp3) is 0.262. The minimum absolute atomic E-state index is 0.124. The van der Waals surface area contributed by atoms with Crippen LogP contribution in [0.15, 0.2) is 106 Å². The van der Waals surface area contributed by atoms with E-state index in [4.69, 9.17) is 4.74 Å². The maximum absolute atomic E-state index is 15.4. The average Bonchev–Trinajstić information content (AvgIpc) is 3.56. The van der Waals surface area contributed by atoms with Gasteiger partial charge in [0.2, 0.25) is 11.8 Å². The number of fused-ring (bicyclic) bond motifs is 4. The standard InChI is InChI=1S/C42H35Br2N3O7/c1-21-9-13-25(14-10-21)45-47-39(51)31-19-29-27(17-18-28-33(29)40(52)46(38(28)50)26-15-11-23(12-16-26)22(2)48)34(30-20-32(54-3)37(49)36(44)35(30)43)42(31,41(47)53)24-7-5-4-6-8-24/h4-17,20,28-29,31,33-34,45,49H,18-19H2,1-3H3. The highest BCUT2D eigenvalue weighted by Gasteiger charge is 2.70. The van der Waals surface area contributed by atoms with Crippen molar-refractivity contribution in [2.24, 2.45) is 23.7 Å². The van der Waals surface area contributed by atoms with Crippen LogP contribution in [-0.4, -0.2) is 46.6 Å². The van der Waals surface area contributed by atoms with E-state index in [2.05, 4.69) is 37.3 Å². The minimum Gasteiger partial charge on any atom is -0.503 e. The Hall–Kier alpha value is -5.07. The third-order valence-corrected chi connectivity index (χ3v) is 13.8. The maximum atomic E-state index is 15.4. The lowest BCUT2D eigenvalue weighted by molar-refractivity contribution is -0.138. The van der Waals surface area contributed by atoms with E-state index in [-0.39, 0.29) is 36.0 Å². The number of amides is 4. The van der Waals surface area contributed by atoms with Crippen LogP contribution in [0.3, 0.4) is 0 Å². The van der Waals surface area contributed by atoms with Gasteiger partial charge in [0, 0.05) is 16.0 Å². The molecule has 12 heteroatoms. The molecule has 0 bridgehead atoms. The number of aromatic hydroxyl groups is 1. The summed E-state index contributed by atoms with van der Waals surface area (Å²) < 4.78 is 6.37. The summed E-state index contributed by atoms with van der Waals surface area (Å²) in [5.41, 5.74) is 5.92. The number of anilines is 2. The van der Waals surface area contributed by atoms with Gasteiger partial charge < -0.3 is 9.84 Å². The predicted octanol–water partition coefficient (Wildman–Crippen LogP) is 7.63. The molecule has 4 aromatic carbocycles. The Labute approximate surface area is 328 Å². The van der Waals surface area contributed by atoms with Crippen LogP contribution in [0.25, 0.3) is 0 Å². The second-order valence-electron chi connectivity index (χ2n) is 14.4. The quantitative estimate of drug-likeness (QED) is 0.110. The number of methoxy groups -OCH3 is 1. The molecular formula is C42H35Br2N3O7. The van der Waals surface area contributed by atoms with Crippen molar-refractivity contribution in [2.45, 2.75) is 38.0 Å². The number of hydrogen-bond donors (Lipinski definition) is 2. The summed E-state index contributed by atoms with van der Waals surface area (Å²) in [6.07, 6.45) is 2.33. The third kappa shape index (κ3) is 5.20. The van der Waals surface area contributed by atoms with Crippen LogP contribution in [0.4, 0.5) is 11.4 Å². The summed E-state index contributed by atoms with van der Waals surface area (Å²) in [7, 11) is 1.43. The molecule has 10 nitrogen and oxygen atoms in total. The Bertz CT molecular complexity index is 2290. The van der Waals surface area contributed by atoms with E-state index in [1.807, 2.05) is 55.5 Å². The molecule has 2 saturated heterocycles. The molecule has 0 spiro atoms. The van der Waals surface area contributed by atoms with Gasteiger partial charge in [-0.25, -0.2) is 0 Å². The van der Waals surface area contributed by atoms with Gasteiger partial charge >= 0.3 is 0 Å². The number of allylic oxidation sites excluding steroid dienone is 2. The van der Waals surface area contributed by atoms with E-state index in [1.165, 1.54) is 18.9 Å². The van der Waals surface area contributed by atoms with Gasteiger partial charge in [0.15, 0.2) is 17.3 Å². The molecule has 8 rings (SSSR count). The molecule has 4 aromatic rings. The van der Waals surface area contributed by atoms with Gasteiger partial charge in [-0.3, -0.25) is 34.3 Å². The average molecular weight is 854 g/mol. The zero-order chi connectivity index (χ0) is 38.2. The van der Waals surface area contributed by atoms with E-state index in [9.17, 15) is 24.3 Å². The number of ketones is 1. The summed E-state index contributed by atoms with van der Waals surface area (Å²) in [6, 6.07) is 24.7. The van der Waals surface area contributed by atoms with E-state index in [0.717, 1.165) is 16.1 Å². The highest BCUT2D eigenvalue weighted by atomic mass is 79.9. The molecular weight excluding hydrogens is 818 g/mol. The number of nitrogens with one attached hydrogen (secondary N) is 1. The van der Waals surface area contributed by atoms with Crippen LogP contribution in [0, 0.1) is 30.6 Å². The Morgan fingerprint density at radius 1 is 0.889 bits per heavy atom. The number of carbonyl (C=O) groups is 5. The van der Waals surface area contributed by atoms with Crippen LogP contribution in [0.2, 0.25) is 0 Å². The first-order chi connectivity index (χ1) is 25.9. The molecule has 274 valence electrons. The Morgan fingerprint density at radius 2 is 1.57 bits per heavy atom. The van der Waals surface area contributed by atoms with Gasteiger partial charge in [0.1, 0.15) is 0 Å². The molecule has 2 heterocycles. The van der Waals surface area contributed by atoms with E-state index in [0.29, 0.717) is 37.0 Å². The second-order valence-corrected chi connectivity index (χ2v) is 15.9. The monoisotopic (exact) mass is 851 g/mol. The maximum Gasteiger partial charge on any atom is 0.260 e. The molecule has 2 N–H and O–H groups in total. The van der Waals surface area contributed by atoms with E-state index < -0.39 is 52.7 Å². The molecule has 6 atom stereocenters. The summed E-state index contributed by atoms with van der Waals surface area (Å²) >= 11 is 7.24. The molecule has 4 amide bonds. The number of hydrogen-bond acceptors (Lipinski definition) is 8. The van der Waals surface area contributed by atoms with Crippen molar-refractivity contribution in [1.29, 1.82) is 0 Å². The molecule has 4 aliphatic rings. The Kier molecular flexibility index (Phi) is 8.88. The lowest BCUT2D eigenvalue weighted by Crippen LogP contribution is -2.53. The topological polar surface area (TPSA) is 133 Å². The van der Waals surface area contributed by atoms with Gasteiger partial charge in [-0.15, -0.1) is 0 Å². The molecule has 3 fully saturated rings. The number of hydrazine groups is 1. The number of imide groups is 2. The Morgan fingerprint density at radius 3 is 2.22 bits per heavy atom. The normalized spacial score (nSPS) is 25.9. The van der Waals surface area contributed by atoms with Gasteiger partial charge in [-0.2, -0.15) is 5.01 Å². The fourth-order valence-corrected chi connectivity index (χ4v) is 10.1. The number of rotatable bonds is 7.